The van der Waals surface area contributed by atoms with Crippen LogP contribution in [0.5, 0.6) is 0 Å². The van der Waals surface area contributed by atoms with Crippen LogP contribution in [0.15, 0.2) is 28.1 Å². The fourth-order valence-electron chi connectivity index (χ4n) is 2.16. The Morgan fingerprint density at radius 3 is 2.80 bits per heavy atom. The van der Waals surface area contributed by atoms with Crippen molar-refractivity contribution in [3.8, 4) is 0 Å². The first-order chi connectivity index (χ1) is 9.51. The Hall–Kier alpha value is -0.460. The van der Waals surface area contributed by atoms with Crippen molar-refractivity contribution in [3.63, 3.8) is 0 Å². The number of likely N-dealkylation sites (N-methyl/N-ethyl adjacent to an activating group) is 1. The molecule has 0 radical (unpaired) electrons. The predicted molar refractivity (Wildman–Crippen MR) is 89.3 cm³/mol. The van der Waals surface area contributed by atoms with Crippen molar-refractivity contribution < 1.29 is 0 Å². The molecule has 0 aliphatic carbocycles. The van der Waals surface area contributed by atoms with E-state index in [2.05, 4.69) is 38.2 Å². The lowest BCUT2D eigenvalue weighted by Crippen LogP contribution is -2.30. The molecular weight excluding hydrogens is 358 g/mol. The number of aromatic nitrogens is 1. The minimum absolute atomic E-state index is 0.128. The average Bonchev–Trinajstić information content (AvgIpc) is 2.78. The molecule has 0 bridgehead atoms. The minimum atomic E-state index is 0.128. The highest BCUT2D eigenvalue weighted by atomic mass is 79.9. The number of hydrogen-bond acceptors (Lipinski definition) is 4. The smallest absolute Gasteiger partial charge is 0.0897 e. The molecule has 6 heteroatoms. The summed E-state index contributed by atoms with van der Waals surface area (Å²) < 4.78 is 0.988. The topological polar surface area (TPSA) is 42.2 Å². The molecule has 0 saturated heterocycles. The van der Waals surface area contributed by atoms with E-state index in [1.54, 1.807) is 11.3 Å². The van der Waals surface area contributed by atoms with Crippen LogP contribution in [0.25, 0.3) is 0 Å². The summed E-state index contributed by atoms with van der Waals surface area (Å²) in [4.78, 5) is 6.71. The molecule has 1 aromatic heterocycles. The highest BCUT2D eigenvalue weighted by Crippen LogP contribution is 2.30. The highest BCUT2D eigenvalue weighted by Gasteiger charge is 2.19. The third kappa shape index (κ3) is 3.80. The molecule has 0 amide bonds. The van der Waals surface area contributed by atoms with Crippen molar-refractivity contribution in [1.29, 1.82) is 0 Å². The molecule has 1 atom stereocenters. The summed E-state index contributed by atoms with van der Waals surface area (Å²) in [5.41, 5.74) is 8.18. The molecule has 108 valence electrons. The molecule has 2 rings (SSSR count). The van der Waals surface area contributed by atoms with E-state index in [1.165, 1.54) is 0 Å². The highest BCUT2D eigenvalue weighted by molar-refractivity contribution is 9.10. The summed E-state index contributed by atoms with van der Waals surface area (Å²) in [5, 5.41) is 3.90. The first kappa shape index (κ1) is 15.9. The Morgan fingerprint density at radius 1 is 1.50 bits per heavy atom. The van der Waals surface area contributed by atoms with Crippen LogP contribution in [0.2, 0.25) is 5.02 Å². The maximum absolute atomic E-state index is 5.99. The lowest BCUT2D eigenvalue weighted by Gasteiger charge is -2.27. The second kappa shape index (κ2) is 7.00. The number of nitrogens with two attached hydrogens (primary N) is 1. The number of thiazole rings is 1. The molecule has 2 aromatic rings. The fraction of sp³-hybridized carbons (Fsp3) is 0.357. The van der Waals surface area contributed by atoms with Crippen LogP contribution in [0.1, 0.15) is 22.3 Å². The molecule has 3 nitrogen and oxygen atoms in total. The molecule has 0 fully saturated rings. The SMILES string of the molecule is Cc1nc(CN(C)C(CN)c2ccc(Cl)cc2Br)cs1. The van der Waals surface area contributed by atoms with E-state index < -0.39 is 0 Å². The van der Waals surface area contributed by atoms with Gasteiger partial charge in [0, 0.05) is 34.0 Å². The predicted octanol–water partition coefficient (Wildman–Crippen LogP) is 4.00. The van der Waals surface area contributed by atoms with Gasteiger partial charge in [0.2, 0.25) is 0 Å². The van der Waals surface area contributed by atoms with Gasteiger partial charge in [-0.25, -0.2) is 4.98 Å². The van der Waals surface area contributed by atoms with Gasteiger partial charge in [0.05, 0.1) is 10.7 Å². The zero-order valence-corrected chi connectivity index (χ0v) is 14.6. The Kier molecular flexibility index (Phi) is 5.57. The lowest BCUT2D eigenvalue weighted by molar-refractivity contribution is 0.239. The third-order valence-corrected chi connectivity index (χ3v) is 4.90. The molecule has 0 aliphatic rings. The summed E-state index contributed by atoms with van der Waals surface area (Å²) in [6.07, 6.45) is 0. The largest absolute Gasteiger partial charge is 0.329 e. The summed E-state index contributed by atoms with van der Waals surface area (Å²) in [5.74, 6) is 0. The lowest BCUT2D eigenvalue weighted by atomic mass is 10.1. The summed E-state index contributed by atoms with van der Waals surface area (Å²) in [7, 11) is 2.06. The van der Waals surface area contributed by atoms with Gasteiger partial charge in [-0.3, -0.25) is 4.90 Å². The fourth-order valence-corrected chi connectivity index (χ4v) is 3.71. The van der Waals surface area contributed by atoms with Gasteiger partial charge in [0.25, 0.3) is 0 Å². The van der Waals surface area contributed by atoms with Gasteiger partial charge >= 0.3 is 0 Å². The van der Waals surface area contributed by atoms with Crippen LogP contribution in [0.4, 0.5) is 0 Å². The molecule has 2 N–H and O–H groups in total. The van der Waals surface area contributed by atoms with E-state index in [-0.39, 0.29) is 6.04 Å². The van der Waals surface area contributed by atoms with E-state index in [0.29, 0.717) is 11.6 Å². The van der Waals surface area contributed by atoms with Crippen LogP contribution < -0.4 is 5.73 Å². The van der Waals surface area contributed by atoms with Crippen molar-refractivity contribution in [2.45, 2.75) is 19.5 Å². The molecule has 0 spiro atoms. The average molecular weight is 375 g/mol. The maximum Gasteiger partial charge on any atom is 0.0897 e. The van der Waals surface area contributed by atoms with E-state index in [0.717, 1.165) is 27.3 Å². The Morgan fingerprint density at radius 2 is 2.25 bits per heavy atom. The van der Waals surface area contributed by atoms with Crippen molar-refractivity contribution in [2.75, 3.05) is 13.6 Å². The Labute approximate surface area is 136 Å². The first-order valence-corrected chi connectivity index (χ1v) is 8.32. The summed E-state index contributed by atoms with van der Waals surface area (Å²) >= 11 is 11.2. The second-order valence-corrected chi connectivity index (χ2v) is 7.04. The van der Waals surface area contributed by atoms with Crippen LogP contribution in [0, 0.1) is 6.92 Å². The number of hydrogen-bond donors (Lipinski definition) is 1. The third-order valence-electron chi connectivity index (χ3n) is 3.15. The van der Waals surface area contributed by atoms with Crippen molar-refractivity contribution in [3.05, 3.63) is 49.3 Å². The van der Waals surface area contributed by atoms with Gasteiger partial charge in [-0.05, 0) is 31.7 Å². The van der Waals surface area contributed by atoms with Gasteiger partial charge < -0.3 is 5.73 Å². The molecule has 1 heterocycles. The molecule has 1 aromatic carbocycles. The van der Waals surface area contributed by atoms with Crippen LogP contribution in [0.3, 0.4) is 0 Å². The van der Waals surface area contributed by atoms with Crippen molar-refractivity contribution in [2.24, 2.45) is 5.73 Å². The zero-order valence-electron chi connectivity index (χ0n) is 11.4. The summed E-state index contributed by atoms with van der Waals surface area (Å²) in [6.45, 7) is 3.34. The van der Waals surface area contributed by atoms with Crippen LogP contribution >= 0.6 is 38.9 Å². The molecule has 0 aliphatic heterocycles. The van der Waals surface area contributed by atoms with Crippen LogP contribution in [-0.4, -0.2) is 23.5 Å². The van der Waals surface area contributed by atoms with Gasteiger partial charge in [0.1, 0.15) is 0 Å². The minimum Gasteiger partial charge on any atom is -0.329 e. The standard InChI is InChI=1S/C14H17BrClN3S/c1-9-18-11(8-20-9)7-19(2)14(6-17)12-4-3-10(16)5-13(12)15/h3-5,8,14H,6-7,17H2,1-2H3. The van der Waals surface area contributed by atoms with E-state index >= 15 is 0 Å². The van der Waals surface area contributed by atoms with Crippen molar-refractivity contribution >= 4 is 38.9 Å². The van der Waals surface area contributed by atoms with E-state index in [9.17, 15) is 0 Å². The van der Waals surface area contributed by atoms with E-state index in [4.69, 9.17) is 17.3 Å². The van der Waals surface area contributed by atoms with Gasteiger partial charge in [-0.15, -0.1) is 11.3 Å². The monoisotopic (exact) mass is 373 g/mol. The van der Waals surface area contributed by atoms with Gasteiger partial charge in [-0.1, -0.05) is 33.6 Å². The molecular formula is C14H17BrClN3S. The second-order valence-electron chi connectivity index (χ2n) is 4.69. The molecule has 1 unspecified atom stereocenters. The number of aryl methyl sites for hydroxylation is 1. The normalized spacial score (nSPS) is 12.9. The number of rotatable bonds is 5. The van der Waals surface area contributed by atoms with E-state index in [1.807, 2.05) is 25.1 Å². The molecule has 0 saturated carbocycles. The first-order valence-electron chi connectivity index (χ1n) is 6.27. The maximum atomic E-state index is 5.99. The zero-order chi connectivity index (χ0) is 14.7. The Balaban J connectivity index is 2.18. The van der Waals surface area contributed by atoms with Crippen molar-refractivity contribution in [1.82, 2.24) is 9.88 Å². The number of nitrogens with zero attached hydrogens (tertiary/aromatic N) is 2. The number of benzene rings is 1. The van der Waals surface area contributed by atoms with Gasteiger partial charge in [-0.2, -0.15) is 0 Å². The van der Waals surface area contributed by atoms with Gasteiger partial charge in [0.15, 0.2) is 0 Å². The quantitative estimate of drug-likeness (QED) is 0.860. The molecule has 20 heavy (non-hydrogen) atoms. The summed E-state index contributed by atoms with van der Waals surface area (Å²) in [6, 6.07) is 5.95. The number of halogens is 2. The Bertz CT molecular complexity index is 588. The van der Waals surface area contributed by atoms with Crippen LogP contribution in [-0.2, 0) is 6.54 Å².